The van der Waals surface area contributed by atoms with E-state index in [1.54, 1.807) is 0 Å². The number of aryl methyl sites for hydroxylation is 1. The Hall–Kier alpha value is -1.17. The highest BCUT2D eigenvalue weighted by molar-refractivity contribution is 7.80. The summed E-state index contributed by atoms with van der Waals surface area (Å²) in [4.78, 5) is 2.87. The van der Waals surface area contributed by atoms with Gasteiger partial charge in [0.1, 0.15) is 4.99 Å². The molecular weight excluding hydrogens is 258 g/mol. The van der Waals surface area contributed by atoms with Crippen LogP contribution in [0.1, 0.15) is 11.1 Å². The number of thiocarbonyl (C=S) groups is 1. The lowest BCUT2D eigenvalue weighted by Gasteiger charge is -2.26. The molecule has 5 heteroatoms. The summed E-state index contributed by atoms with van der Waals surface area (Å²) in [7, 11) is 0. The summed E-state index contributed by atoms with van der Waals surface area (Å²) in [6.07, 6.45) is 0. The largest absolute Gasteiger partial charge is 0.389 e. The number of hydrogen-bond acceptors (Lipinski definition) is 4. The fourth-order valence-electron chi connectivity index (χ4n) is 2.23. The quantitative estimate of drug-likeness (QED) is 0.797. The number of nitrogens with one attached hydrogen (secondary N) is 1. The lowest BCUT2D eigenvalue weighted by Crippen LogP contribution is -2.39. The summed E-state index contributed by atoms with van der Waals surface area (Å²) in [5, 5.41) is 3.43. The highest BCUT2D eigenvalue weighted by Gasteiger charge is 2.09. The first-order valence-electron chi connectivity index (χ1n) is 6.61. The molecule has 0 bridgehead atoms. The molecule has 1 fully saturated rings. The van der Waals surface area contributed by atoms with Crippen molar-refractivity contribution in [3.8, 4) is 0 Å². The maximum atomic E-state index is 5.65. The number of hydrogen-bond donors (Lipinski definition) is 2. The van der Waals surface area contributed by atoms with Gasteiger partial charge in [0.05, 0.1) is 13.2 Å². The topological polar surface area (TPSA) is 50.5 Å². The minimum absolute atomic E-state index is 0.456. The Morgan fingerprint density at radius 2 is 2.16 bits per heavy atom. The van der Waals surface area contributed by atoms with E-state index in [2.05, 4.69) is 16.3 Å². The van der Waals surface area contributed by atoms with Crippen LogP contribution < -0.4 is 11.1 Å². The van der Waals surface area contributed by atoms with Gasteiger partial charge in [-0.3, -0.25) is 4.90 Å². The number of nitrogens with zero attached hydrogens (tertiary/aromatic N) is 1. The number of rotatable bonds is 5. The third-order valence-corrected chi connectivity index (χ3v) is 3.57. The average molecular weight is 279 g/mol. The molecular formula is C14H21N3OS. The summed E-state index contributed by atoms with van der Waals surface area (Å²) in [5.74, 6) is 0. The molecule has 0 aromatic heterocycles. The first kappa shape index (κ1) is 14.2. The van der Waals surface area contributed by atoms with Crippen LogP contribution in [0.2, 0.25) is 0 Å². The Morgan fingerprint density at radius 1 is 1.42 bits per heavy atom. The monoisotopic (exact) mass is 279 g/mol. The second-order valence-electron chi connectivity index (χ2n) is 4.77. The summed E-state index contributed by atoms with van der Waals surface area (Å²) >= 11 is 5.00. The van der Waals surface area contributed by atoms with E-state index >= 15 is 0 Å². The average Bonchev–Trinajstić information content (AvgIpc) is 2.39. The maximum Gasteiger partial charge on any atom is 0.104 e. The molecule has 0 atom stereocenters. The zero-order chi connectivity index (χ0) is 13.7. The van der Waals surface area contributed by atoms with Crippen LogP contribution in [0.3, 0.4) is 0 Å². The molecule has 0 saturated carbocycles. The minimum Gasteiger partial charge on any atom is -0.389 e. The number of nitrogens with two attached hydrogens (primary N) is 1. The van der Waals surface area contributed by atoms with Crippen molar-refractivity contribution in [1.82, 2.24) is 4.90 Å². The second-order valence-corrected chi connectivity index (χ2v) is 5.21. The Balaban J connectivity index is 1.82. The Kier molecular flexibility index (Phi) is 5.13. The van der Waals surface area contributed by atoms with Crippen LogP contribution >= 0.6 is 12.2 Å². The lowest BCUT2D eigenvalue weighted by molar-refractivity contribution is 0.0398. The van der Waals surface area contributed by atoms with Crippen molar-refractivity contribution in [3.63, 3.8) is 0 Å². The van der Waals surface area contributed by atoms with Gasteiger partial charge in [0, 0.05) is 37.4 Å². The zero-order valence-corrected chi connectivity index (χ0v) is 12.1. The molecule has 1 aromatic carbocycles. The zero-order valence-electron chi connectivity index (χ0n) is 11.3. The van der Waals surface area contributed by atoms with E-state index in [0.29, 0.717) is 4.99 Å². The molecule has 2 rings (SSSR count). The van der Waals surface area contributed by atoms with Crippen LogP contribution in [0.15, 0.2) is 18.2 Å². The van der Waals surface area contributed by atoms with Crippen molar-refractivity contribution >= 4 is 22.9 Å². The van der Waals surface area contributed by atoms with Gasteiger partial charge in [0.25, 0.3) is 0 Å². The Morgan fingerprint density at radius 3 is 2.79 bits per heavy atom. The van der Waals surface area contributed by atoms with Gasteiger partial charge in [-0.15, -0.1) is 0 Å². The molecule has 0 unspecified atom stereocenters. The molecule has 1 aliphatic heterocycles. The van der Waals surface area contributed by atoms with Crippen molar-refractivity contribution in [2.45, 2.75) is 6.92 Å². The van der Waals surface area contributed by atoms with Gasteiger partial charge in [-0.05, 0) is 30.7 Å². The van der Waals surface area contributed by atoms with E-state index in [1.807, 2.05) is 19.1 Å². The highest BCUT2D eigenvalue weighted by atomic mass is 32.1. The van der Waals surface area contributed by atoms with Gasteiger partial charge in [0.2, 0.25) is 0 Å². The standard InChI is InChI=1S/C14H21N3OS/c1-11-10-12(2-3-13(11)14(15)19)16-4-5-17-6-8-18-9-7-17/h2-3,10,16H,4-9H2,1H3,(H2,15,19). The first-order valence-corrected chi connectivity index (χ1v) is 7.02. The van der Waals surface area contributed by atoms with Crippen LogP contribution in [-0.4, -0.2) is 49.3 Å². The van der Waals surface area contributed by atoms with Gasteiger partial charge in [-0.1, -0.05) is 12.2 Å². The number of morpholine rings is 1. The van der Waals surface area contributed by atoms with E-state index in [-0.39, 0.29) is 0 Å². The summed E-state index contributed by atoms with van der Waals surface area (Å²) in [6, 6.07) is 6.10. The van der Waals surface area contributed by atoms with Crippen molar-refractivity contribution < 1.29 is 4.74 Å². The van der Waals surface area contributed by atoms with E-state index in [0.717, 1.165) is 56.2 Å². The van der Waals surface area contributed by atoms with Crippen LogP contribution in [0.5, 0.6) is 0 Å². The normalized spacial score (nSPS) is 16.3. The third kappa shape index (κ3) is 4.16. The van der Waals surface area contributed by atoms with Crippen molar-refractivity contribution in [2.24, 2.45) is 5.73 Å². The molecule has 0 aliphatic carbocycles. The van der Waals surface area contributed by atoms with E-state index in [4.69, 9.17) is 22.7 Å². The van der Waals surface area contributed by atoms with Crippen LogP contribution in [0, 0.1) is 6.92 Å². The van der Waals surface area contributed by atoms with Crippen molar-refractivity contribution in [2.75, 3.05) is 44.7 Å². The fraction of sp³-hybridized carbons (Fsp3) is 0.500. The summed E-state index contributed by atoms with van der Waals surface area (Å²) < 4.78 is 5.33. The Labute approximate surface area is 119 Å². The fourth-order valence-corrected chi connectivity index (χ4v) is 2.46. The lowest BCUT2D eigenvalue weighted by atomic mass is 10.1. The van der Waals surface area contributed by atoms with Gasteiger partial charge in [-0.25, -0.2) is 0 Å². The molecule has 104 valence electrons. The maximum absolute atomic E-state index is 5.65. The molecule has 3 N–H and O–H groups in total. The summed E-state index contributed by atoms with van der Waals surface area (Å²) in [5.41, 5.74) is 8.84. The van der Waals surface area contributed by atoms with Crippen LogP contribution in [0.4, 0.5) is 5.69 Å². The first-order chi connectivity index (χ1) is 9.16. The van der Waals surface area contributed by atoms with Crippen LogP contribution in [0.25, 0.3) is 0 Å². The molecule has 19 heavy (non-hydrogen) atoms. The van der Waals surface area contributed by atoms with Crippen LogP contribution in [-0.2, 0) is 4.74 Å². The van der Waals surface area contributed by atoms with Gasteiger partial charge < -0.3 is 15.8 Å². The number of ether oxygens (including phenoxy) is 1. The molecule has 1 aliphatic rings. The molecule has 4 nitrogen and oxygen atoms in total. The van der Waals surface area contributed by atoms with Gasteiger partial charge in [0.15, 0.2) is 0 Å². The summed E-state index contributed by atoms with van der Waals surface area (Å²) in [6.45, 7) is 7.76. The molecule has 1 aromatic rings. The van der Waals surface area contributed by atoms with Gasteiger partial charge in [-0.2, -0.15) is 0 Å². The number of benzene rings is 1. The Bertz CT molecular complexity index is 444. The van der Waals surface area contributed by atoms with E-state index < -0.39 is 0 Å². The SMILES string of the molecule is Cc1cc(NCCN2CCOCC2)ccc1C(N)=S. The second kappa shape index (κ2) is 6.84. The van der Waals surface area contributed by atoms with E-state index in [1.165, 1.54) is 0 Å². The predicted octanol–water partition coefficient (Wildman–Crippen LogP) is 1.37. The molecule has 1 saturated heterocycles. The minimum atomic E-state index is 0.456. The molecule has 0 radical (unpaired) electrons. The van der Waals surface area contributed by atoms with Crippen molar-refractivity contribution in [3.05, 3.63) is 29.3 Å². The van der Waals surface area contributed by atoms with Gasteiger partial charge >= 0.3 is 0 Å². The smallest absolute Gasteiger partial charge is 0.104 e. The van der Waals surface area contributed by atoms with E-state index in [9.17, 15) is 0 Å². The van der Waals surface area contributed by atoms with Crippen molar-refractivity contribution in [1.29, 1.82) is 0 Å². The third-order valence-electron chi connectivity index (χ3n) is 3.35. The number of anilines is 1. The molecule has 0 spiro atoms. The predicted molar refractivity (Wildman–Crippen MR) is 82.8 cm³/mol. The highest BCUT2D eigenvalue weighted by Crippen LogP contribution is 2.15. The molecule has 0 amide bonds. The molecule has 1 heterocycles.